The second-order valence-corrected chi connectivity index (χ2v) is 10.7. The van der Waals surface area contributed by atoms with Gasteiger partial charge in [0, 0.05) is 11.6 Å². The number of aromatic nitrogens is 3. The minimum atomic E-state index is -3.93. The summed E-state index contributed by atoms with van der Waals surface area (Å²) in [4.78, 5) is 13.8. The average molecular weight is 483 g/mol. The van der Waals surface area contributed by atoms with Gasteiger partial charge < -0.3 is 5.32 Å². The van der Waals surface area contributed by atoms with Crippen molar-refractivity contribution < 1.29 is 8.42 Å². The molecule has 0 saturated carbocycles. The summed E-state index contributed by atoms with van der Waals surface area (Å²) in [5, 5.41) is 5.36. The molecule has 0 unspecified atom stereocenters. The molecule has 1 aliphatic heterocycles. The van der Waals surface area contributed by atoms with Crippen LogP contribution in [0, 0.1) is 11.8 Å². The fourth-order valence-electron chi connectivity index (χ4n) is 3.28. The van der Waals surface area contributed by atoms with Crippen LogP contribution in [0.4, 0.5) is 10.9 Å². The second-order valence-electron chi connectivity index (χ2n) is 6.97. The Bertz CT molecular complexity index is 1390. The molecule has 8 nitrogen and oxygen atoms in total. The number of hydrazine groups is 1. The van der Waals surface area contributed by atoms with Crippen LogP contribution in [0.5, 0.6) is 0 Å². The Morgan fingerprint density at radius 2 is 2.06 bits per heavy atom. The van der Waals surface area contributed by atoms with Crippen molar-refractivity contribution in [2.75, 3.05) is 16.4 Å². The van der Waals surface area contributed by atoms with Gasteiger partial charge in [-0.05, 0) is 37.6 Å². The van der Waals surface area contributed by atoms with Crippen LogP contribution in [0.2, 0.25) is 0 Å². The van der Waals surface area contributed by atoms with Crippen LogP contribution in [0.25, 0.3) is 10.2 Å². The SMILES string of the molecule is O=S(=O)(c1ccccc1)N(Nc1ncnc2cc(C#C[C@H]3CCCN3)sc12)c1nccs1. The lowest BCUT2D eigenvalue weighted by molar-refractivity contribution is 0.594. The van der Waals surface area contributed by atoms with E-state index >= 15 is 0 Å². The van der Waals surface area contributed by atoms with E-state index in [0.717, 1.165) is 33.4 Å². The molecular weight excluding hydrogens is 464 g/mol. The molecule has 1 aliphatic rings. The fraction of sp³-hybridized carbons (Fsp3) is 0.190. The third kappa shape index (κ3) is 4.18. The van der Waals surface area contributed by atoms with E-state index in [-0.39, 0.29) is 16.1 Å². The number of hydrogen-bond donors (Lipinski definition) is 2. The zero-order chi connectivity index (χ0) is 22.0. The minimum Gasteiger partial charge on any atom is -0.304 e. The highest BCUT2D eigenvalue weighted by Gasteiger charge is 2.28. The number of rotatable bonds is 5. The number of benzene rings is 1. The van der Waals surface area contributed by atoms with E-state index in [1.54, 1.807) is 41.9 Å². The summed E-state index contributed by atoms with van der Waals surface area (Å²) in [6, 6.07) is 10.3. The molecule has 5 rings (SSSR count). The molecule has 0 radical (unpaired) electrons. The molecule has 0 bridgehead atoms. The molecule has 0 aliphatic carbocycles. The molecule has 0 amide bonds. The number of sulfonamides is 1. The van der Waals surface area contributed by atoms with Crippen molar-refractivity contribution in [3.8, 4) is 11.8 Å². The van der Waals surface area contributed by atoms with E-state index in [1.807, 2.05) is 6.07 Å². The first kappa shape index (κ1) is 20.8. The van der Waals surface area contributed by atoms with E-state index in [1.165, 1.54) is 29.0 Å². The zero-order valence-corrected chi connectivity index (χ0v) is 19.2. The number of anilines is 2. The molecule has 0 spiro atoms. The van der Waals surface area contributed by atoms with Gasteiger partial charge in [0.2, 0.25) is 5.13 Å². The standard InChI is InChI=1S/C21H18N6O2S3/c28-32(29,17-6-2-1-3-7-17)27(21-23-11-12-30-21)26-20-19-18(24-14-25-20)13-16(31-19)9-8-15-5-4-10-22-15/h1-3,6-7,11-15,22H,4-5,10H2,(H,24,25,26)/t15-/m1/s1. The third-order valence-electron chi connectivity index (χ3n) is 4.82. The van der Waals surface area contributed by atoms with Crippen LogP contribution in [0.15, 0.2) is 59.2 Å². The van der Waals surface area contributed by atoms with Crippen molar-refractivity contribution in [2.24, 2.45) is 0 Å². The molecule has 32 heavy (non-hydrogen) atoms. The monoisotopic (exact) mass is 482 g/mol. The summed E-state index contributed by atoms with van der Waals surface area (Å²) >= 11 is 2.63. The molecular formula is C21H18N6O2S3. The van der Waals surface area contributed by atoms with Crippen LogP contribution < -0.4 is 15.2 Å². The Morgan fingerprint density at radius 3 is 2.81 bits per heavy atom. The normalized spacial score (nSPS) is 15.9. The lowest BCUT2D eigenvalue weighted by Gasteiger charge is -2.22. The van der Waals surface area contributed by atoms with Gasteiger partial charge in [-0.25, -0.2) is 15.0 Å². The van der Waals surface area contributed by atoms with Gasteiger partial charge in [0.05, 0.1) is 26.0 Å². The molecule has 1 atom stereocenters. The molecule has 162 valence electrons. The smallest absolute Gasteiger partial charge is 0.283 e. The molecule has 4 heterocycles. The average Bonchev–Trinajstić information content (AvgIpc) is 3.58. The molecule has 11 heteroatoms. The van der Waals surface area contributed by atoms with E-state index < -0.39 is 10.0 Å². The summed E-state index contributed by atoms with van der Waals surface area (Å²) in [7, 11) is -3.93. The van der Waals surface area contributed by atoms with Gasteiger partial charge in [-0.2, -0.15) is 8.42 Å². The van der Waals surface area contributed by atoms with Gasteiger partial charge in [-0.1, -0.05) is 30.0 Å². The molecule has 1 saturated heterocycles. The van der Waals surface area contributed by atoms with Gasteiger partial charge in [-0.3, -0.25) is 5.43 Å². The summed E-state index contributed by atoms with van der Waals surface area (Å²) in [6.07, 6.45) is 5.14. The summed E-state index contributed by atoms with van der Waals surface area (Å²) in [6.45, 7) is 0.994. The lowest BCUT2D eigenvalue weighted by Crippen LogP contribution is -2.36. The first-order chi connectivity index (χ1) is 15.6. The third-order valence-corrected chi connectivity index (χ3v) is 8.35. The van der Waals surface area contributed by atoms with E-state index in [2.05, 4.69) is 37.5 Å². The lowest BCUT2D eigenvalue weighted by atomic mass is 10.2. The number of fused-ring (bicyclic) bond motifs is 1. The quantitative estimate of drug-likeness (QED) is 0.332. The molecule has 1 aromatic carbocycles. The Kier molecular flexibility index (Phi) is 5.75. The second kappa shape index (κ2) is 8.84. The van der Waals surface area contributed by atoms with E-state index in [4.69, 9.17) is 0 Å². The highest BCUT2D eigenvalue weighted by Crippen LogP contribution is 2.32. The minimum absolute atomic E-state index is 0.148. The Morgan fingerprint density at radius 1 is 1.19 bits per heavy atom. The van der Waals surface area contributed by atoms with Crippen molar-refractivity contribution in [1.82, 2.24) is 20.3 Å². The van der Waals surface area contributed by atoms with Crippen molar-refractivity contribution in [3.63, 3.8) is 0 Å². The number of hydrogen-bond acceptors (Lipinski definition) is 9. The maximum Gasteiger partial charge on any atom is 0.283 e. The Hall–Kier alpha value is -3.04. The van der Waals surface area contributed by atoms with Crippen LogP contribution in [0.3, 0.4) is 0 Å². The van der Waals surface area contributed by atoms with Gasteiger partial charge in [0.15, 0.2) is 5.82 Å². The number of thiophene rings is 1. The van der Waals surface area contributed by atoms with Crippen molar-refractivity contribution in [2.45, 2.75) is 23.8 Å². The van der Waals surface area contributed by atoms with Crippen LogP contribution >= 0.6 is 22.7 Å². The first-order valence-corrected chi connectivity index (χ1v) is 13.0. The van der Waals surface area contributed by atoms with Crippen molar-refractivity contribution in [3.05, 3.63) is 59.2 Å². The van der Waals surface area contributed by atoms with Gasteiger partial charge in [-0.15, -0.1) is 27.1 Å². The van der Waals surface area contributed by atoms with Crippen LogP contribution in [-0.4, -0.2) is 36.0 Å². The Labute approximate surface area is 193 Å². The molecule has 1 fully saturated rings. The molecule has 3 aromatic heterocycles. The maximum absolute atomic E-state index is 13.4. The van der Waals surface area contributed by atoms with Gasteiger partial charge in [0.1, 0.15) is 6.33 Å². The van der Waals surface area contributed by atoms with Crippen LogP contribution in [0.1, 0.15) is 17.7 Å². The van der Waals surface area contributed by atoms with E-state index in [0.29, 0.717) is 11.3 Å². The predicted molar refractivity (Wildman–Crippen MR) is 127 cm³/mol. The zero-order valence-electron chi connectivity index (χ0n) is 16.7. The molecule has 2 N–H and O–H groups in total. The predicted octanol–water partition coefficient (Wildman–Crippen LogP) is 3.47. The highest BCUT2D eigenvalue weighted by atomic mass is 32.2. The summed E-state index contributed by atoms with van der Waals surface area (Å²) in [5.74, 6) is 6.84. The van der Waals surface area contributed by atoms with Gasteiger partial charge >= 0.3 is 0 Å². The van der Waals surface area contributed by atoms with E-state index in [9.17, 15) is 8.42 Å². The molecule has 4 aromatic rings. The fourth-order valence-corrected chi connectivity index (χ4v) is 6.30. The first-order valence-electron chi connectivity index (χ1n) is 9.87. The number of nitrogens with zero attached hydrogens (tertiary/aromatic N) is 4. The summed E-state index contributed by atoms with van der Waals surface area (Å²) in [5.41, 5.74) is 3.67. The number of nitrogens with one attached hydrogen (secondary N) is 2. The number of thiazole rings is 1. The van der Waals surface area contributed by atoms with Crippen molar-refractivity contribution >= 4 is 53.9 Å². The van der Waals surface area contributed by atoms with Gasteiger partial charge in [0.25, 0.3) is 10.0 Å². The van der Waals surface area contributed by atoms with Crippen LogP contribution in [-0.2, 0) is 10.0 Å². The topological polar surface area (TPSA) is 100 Å². The highest BCUT2D eigenvalue weighted by molar-refractivity contribution is 7.93. The Balaban J connectivity index is 1.52. The summed E-state index contributed by atoms with van der Waals surface area (Å²) < 4.78 is 28.6. The van der Waals surface area contributed by atoms with Crippen molar-refractivity contribution in [1.29, 1.82) is 0 Å². The maximum atomic E-state index is 13.4. The largest absolute Gasteiger partial charge is 0.304 e.